The lowest BCUT2D eigenvalue weighted by atomic mass is 10.00. The zero-order valence-corrected chi connectivity index (χ0v) is 26.1. The van der Waals surface area contributed by atoms with Crippen LogP contribution in [0.5, 0.6) is 17.2 Å². The van der Waals surface area contributed by atoms with Gasteiger partial charge in [-0.1, -0.05) is 88.9 Å². The number of carbonyl (C=O) groups is 1. The summed E-state index contributed by atoms with van der Waals surface area (Å²) in [5.74, 6) is -2.01. The van der Waals surface area contributed by atoms with E-state index in [0.29, 0.717) is 17.7 Å². The van der Waals surface area contributed by atoms with Crippen LogP contribution < -0.4 is 14.8 Å². The number of rotatable bonds is 20. The zero-order valence-electron chi connectivity index (χ0n) is 26.1. The molecule has 0 atom stereocenters. The number of aryl methyl sites for hydroxylation is 1. The number of nitrogens with zero attached hydrogens (tertiary/aromatic N) is 2. The van der Waals surface area contributed by atoms with Gasteiger partial charge in [-0.2, -0.15) is 0 Å². The Kier molecular flexibility index (Phi) is 14.9. The number of benzene rings is 3. The maximum Gasteiger partial charge on any atom is 0.254 e. The highest BCUT2D eigenvalue weighted by Gasteiger charge is 2.29. The monoisotopic (exact) mass is 614 g/mol. The van der Waals surface area contributed by atoms with E-state index in [1.807, 2.05) is 12.1 Å². The third kappa shape index (κ3) is 9.64. The number of halogens is 3. The molecule has 0 fully saturated rings. The summed E-state index contributed by atoms with van der Waals surface area (Å²) in [5, 5.41) is 0. The van der Waals surface area contributed by atoms with Crippen LogP contribution in [0.25, 0.3) is 11.1 Å². The molecule has 1 amide bonds. The van der Waals surface area contributed by atoms with Crippen molar-refractivity contribution in [2.24, 2.45) is 0 Å². The summed E-state index contributed by atoms with van der Waals surface area (Å²) in [5.41, 5.74) is 1.83. The normalized spacial score (nSPS) is 11.1. The molecule has 0 aromatic heterocycles. The molecule has 44 heavy (non-hydrogen) atoms. The highest BCUT2D eigenvalue weighted by Crippen LogP contribution is 2.46. The second kappa shape index (κ2) is 18.8. The first-order valence-corrected chi connectivity index (χ1v) is 15.7. The molecule has 3 aromatic rings. The first-order valence-electron chi connectivity index (χ1n) is 15.7. The van der Waals surface area contributed by atoms with E-state index in [-0.39, 0.29) is 30.1 Å². The number of unbranched alkanes of at least 4 members (excludes halogenated alkanes) is 4. The fourth-order valence-corrected chi connectivity index (χ4v) is 5.24. The first kappa shape index (κ1) is 34.8. The van der Waals surface area contributed by atoms with Gasteiger partial charge in [-0.3, -0.25) is 19.6 Å². The lowest BCUT2D eigenvalue weighted by molar-refractivity contribution is -0.0424. The molecule has 0 unspecified atom stereocenters. The Labute approximate surface area is 259 Å². The van der Waals surface area contributed by atoms with Gasteiger partial charge in [0.2, 0.25) is 11.5 Å². The number of hydrogen-bond donors (Lipinski definition) is 0. The van der Waals surface area contributed by atoms with Crippen LogP contribution in [-0.2, 0) is 13.0 Å². The molecule has 0 aliphatic rings. The summed E-state index contributed by atoms with van der Waals surface area (Å²) in [4.78, 5) is 30.0. The first-order chi connectivity index (χ1) is 21.5. The van der Waals surface area contributed by atoms with Crippen molar-refractivity contribution >= 4 is 5.91 Å². The van der Waals surface area contributed by atoms with E-state index in [1.165, 1.54) is 11.0 Å². The lowest BCUT2D eigenvalue weighted by Gasteiger charge is -2.29. The molecule has 9 heteroatoms. The van der Waals surface area contributed by atoms with Gasteiger partial charge >= 0.3 is 0 Å². The van der Waals surface area contributed by atoms with Crippen LogP contribution in [0.3, 0.4) is 0 Å². The molecular weight excluding hydrogens is 569 g/mol. The van der Waals surface area contributed by atoms with Crippen molar-refractivity contribution < 1.29 is 33.2 Å². The van der Waals surface area contributed by atoms with Crippen LogP contribution in [0.2, 0.25) is 0 Å². The van der Waals surface area contributed by atoms with Crippen molar-refractivity contribution in [2.45, 2.75) is 78.7 Å². The number of hydrogen-bond acceptors (Lipinski definition) is 5. The Bertz CT molecular complexity index is 1270. The van der Waals surface area contributed by atoms with Gasteiger partial charge in [0.1, 0.15) is 0 Å². The molecule has 0 saturated heterocycles. The van der Waals surface area contributed by atoms with E-state index in [4.69, 9.17) is 0 Å². The minimum absolute atomic E-state index is 0.0268. The van der Waals surface area contributed by atoms with Gasteiger partial charge in [0.25, 0.3) is 5.91 Å². The van der Waals surface area contributed by atoms with Gasteiger partial charge in [-0.25, -0.2) is 0 Å². The number of carbonyl (C=O) groups excluding carboxylic acids is 1. The largest absolute Gasteiger partial charge is 0.333 e. The topological polar surface area (TPSA) is 51.2 Å². The standard InChI is InChI=1S/C35H45F3N2O4/c1-4-7-11-14-27-17-19-29(20-18-27)35(41)40(24-23-39(21-8-5-2)22-9-6-3)26-31-32(42-36)25-30(28-15-12-10-13-16-28)33(43-37)34(31)44-38/h10,12-13,15-20,25H,4-9,11,14,21-24,26H2,1-3H3. The molecule has 0 radical (unpaired) electrons. The van der Waals surface area contributed by atoms with Crippen molar-refractivity contribution in [1.29, 1.82) is 0 Å². The molecule has 0 heterocycles. The van der Waals surface area contributed by atoms with Crippen molar-refractivity contribution in [3.63, 3.8) is 0 Å². The smallest absolute Gasteiger partial charge is 0.254 e. The summed E-state index contributed by atoms with van der Waals surface area (Å²) in [6.45, 7) is 8.64. The molecule has 6 nitrogen and oxygen atoms in total. The predicted molar refractivity (Wildman–Crippen MR) is 168 cm³/mol. The van der Waals surface area contributed by atoms with Gasteiger partial charge in [-0.15, -0.1) is 0 Å². The minimum atomic E-state index is -0.695. The third-order valence-electron chi connectivity index (χ3n) is 7.87. The summed E-state index contributed by atoms with van der Waals surface area (Å²) >= 11 is 0. The van der Waals surface area contributed by atoms with Crippen LogP contribution in [0, 0.1) is 0 Å². The Morgan fingerprint density at radius 2 is 1.34 bits per heavy atom. The van der Waals surface area contributed by atoms with Crippen LogP contribution in [0.4, 0.5) is 13.6 Å². The molecule has 0 saturated carbocycles. The van der Waals surface area contributed by atoms with E-state index >= 15 is 0 Å². The molecule has 3 rings (SSSR count). The third-order valence-corrected chi connectivity index (χ3v) is 7.87. The molecule has 0 aliphatic heterocycles. The Morgan fingerprint density at radius 1 is 0.705 bits per heavy atom. The van der Waals surface area contributed by atoms with Crippen molar-refractivity contribution in [1.82, 2.24) is 9.80 Å². The summed E-state index contributed by atoms with van der Waals surface area (Å²) in [7, 11) is 0. The summed E-state index contributed by atoms with van der Waals surface area (Å²) < 4.78 is 42.2. The predicted octanol–water partition coefficient (Wildman–Crippen LogP) is 9.42. The van der Waals surface area contributed by atoms with E-state index in [9.17, 15) is 18.4 Å². The Balaban J connectivity index is 2.00. The summed E-state index contributed by atoms with van der Waals surface area (Å²) in [6.07, 6.45) is 8.32. The van der Waals surface area contributed by atoms with E-state index in [1.54, 1.807) is 42.5 Å². The number of amides is 1. The van der Waals surface area contributed by atoms with Gasteiger partial charge in [-0.05, 0) is 68.1 Å². The zero-order chi connectivity index (χ0) is 31.7. The fourth-order valence-electron chi connectivity index (χ4n) is 5.24. The quantitative estimate of drug-likeness (QED) is 0.119. The molecular formula is C35H45F3N2O4. The van der Waals surface area contributed by atoms with Gasteiger partial charge < -0.3 is 9.80 Å². The van der Waals surface area contributed by atoms with Crippen molar-refractivity contribution in [3.05, 3.63) is 77.4 Å². The van der Waals surface area contributed by atoms with Crippen LogP contribution in [0.15, 0.2) is 60.7 Å². The molecule has 0 bridgehead atoms. The molecule has 3 aromatic carbocycles. The van der Waals surface area contributed by atoms with E-state index in [0.717, 1.165) is 70.0 Å². The highest BCUT2D eigenvalue weighted by atomic mass is 19.3. The van der Waals surface area contributed by atoms with Crippen molar-refractivity contribution in [3.8, 4) is 28.4 Å². The van der Waals surface area contributed by atoms with Gasteiger partial charge in [0.15, 0.2) is 5.75 Å². The lowest BCUT2D eigenvalue weighted by Crippen LogP contribution is -2.39. The second-order valence-corrected chi connectivity index (χ2v) is 11.1. The van der Waals surface area contributed by atoms with Crippen LogP contribution >= 0.6 is 0 Å². The van der Waals surface area contributed by atoms with E-state index in [2.05, 4.69) is 40.5 Å². The fraction of sp³-hybridized carbons (Fsp3) is 0.457. The highest BCUT2D eigenvalue weighted by molar-refractivity contribution is 5.94. The maximum atomic E-state index is 14.1. The minimum Gasteiger partial charge on any atom is -0.333 e. The molecule has 0 N–H and O–H groups in total. The molecule has 0 aliphatic carbocycles. The maximum absolute atomic E-state index is 14.1. The van der Waals surface area contributed by atoms with E-state index < -0.39 is 17.2 Å². The SMILES string of the molecule is CCCCCc1ccc(C(=O)N(CCN(CCCC)CCCC)Cc2c(OF)cc(-c3ccccc3)c(OF)c2OF)cc1. The van der Waals surface area contributed by atoms with Crippen LogP contribution in [-0.4, -0.2) is 41.9 Å². The van der Waals surface area contributed by atoms with Gasteiger partial charge in [0.05, 0.1) is 12.1 Å². The average molecular weight is 615 g/mol. The van der Waals surface area contributed by atoms with Gasteiger partial charge in [0, 0.05) is 37.8 Å². The average Bonchev–Trinajstić information content (AvgIpc) is 3.07. The van der Waals surface area contributed by atoms with Crippen LogP contribution in [0.1, 0.15) is 87.2 Å². The molecule has 240 valence electrons. The Morgan fingerprint density at radius 3 is 1.91 bits per heavy atom. The molecule has 0 spiro atoms. The Hall–Kier alpha value is -3.72. The second-order valence-electron chi connectivity index (χ2n) is 11.1. The summed E-state index contributed by atoms with van der Waals surface area (Å²) in [6, 6.07) is 17.0. The van der Waals surface area contributed by atoms with Crippen molar-refractivity contribution in [2.75, 3.05) is 26.2 Å².